The summed E-state index contributed by atoms with van der Waals surface area (Å²) in [5, 5.41) is 19.2. The average Bonchev–Trinajstić information content (AvgIpc) is 2.59. The summed E-state index contributed by atoms with van der Waals surface area (Å²) in [5.74, 6) is -2.16. The first-order valence-corrected chi connectivity index (χ1v) is 9.74. The Hall–Kier alpha value is -2.45. The molecule has 3 N–H and O–H groups in total. The van der Waals surface area contributed by atoms with Crippen LogP contribution in [0.4, 0.5) is 0 Å². The molecule has 0 bridgehead atoms. The summed E-state index contributed by atoms with van der Waals surface area (Å²) in [7, 11) is -4.01. The highest BCUT2D eigenvalue weighted by molar-refractivity contribution is 7.89. The molecule has 0 radical (unpaired) electrons. The predicted octanol–water partition coefficient (Wildman–Crippen LogP) is 2.61. The van der Waals surface area contributed by atoms with Gasteiger partial charge in [-0.25, -0.2) is 8.42 Å². The van der Waals surface area contributed by atoms with E-state index in [1.807, 2.05) is 0 Å². The van der Waals surface area contributed by atoms with Crippen LogP contribution in [0.25, 0.3) is 10.8 Å². The normalized spacial score (nSPS) is 12.8. The molecular formula is C18H21NO6S. The number of fused-ring (bicyclic) bond motifs is 1. The Kier molecular flexibility index (Phi) is 6.70. The van der Waals surface area contributed by atoms with E-state index in [1.54, 1.807) is 36.4 Å². The number of carbonyl (C=O) groups is 2. The highest BCUT2D eigenvalue weighted by Crippen LogP contribution is 2.23. The number of carboxylic acid groups (broad SMARTS) is 2. The topological polar surface area (TPSA) is 121 Å². The van der Waals surface area contributed by atoms with Crippen molar-refractivity contribution in [3.63, 3.8) is 0 Å². The van der Waals surface area contributed by atoms with Crippen molar-refractivity contribution in [2.24, 2.45) is 0 Å². The zero-order valence-electron chi connectivity index (χ0n) is 14.1. The Morgan fingerprint density at radius 1 is 0.962 bits per heavy atom. The van der Waals surface area contributed by atoms with Gasteiger partial charge in [0.25, 0.3) is 0 Å². The van der Waals surface area contributed by atoms with Crippen molar-refractivity contribution in [3.05, 3.63) is 42.5 Å². The molecule has 2 rings (SSSR count). The fourth-order valence-electron chi connectivity index (χ4n) is 2.72. The Morgan fingerprint density at radius 2 is 1.65 bits per heavy atom. The predicted molar refractivity (Wildman–Crippen MR) is 96.4 cm³/mol. The lowest BCUT2D eigenvalue weighted by Gasteiger charge is -2.16. The molecule has 0 fully saturated rings. The lowest BCUT2D eigenvalue weighted by Crippen LogP contribution is -2.40. The van der Waals surface area contributed by atoms with E-state index >= 15 is 0 Å². The molecule has 0 heterocycles. The van der Waals surface area contributed by atoms with Crippen molar-refractivity contribution < 1.29 is 28.2 Å². The van der Waals surface area contributed by atoms with Gasteiger partial charge in [-0.1, -0.05) is 49.2 Å². The van der Waals surface area contributed by atoms with Gasteiger partial charge < -0.3 is 10.2 Å². The molecule has 0 aliphatic heterocycles. The van der Waals surface area contributed by atoms with Crippen molar-refractivity contribution in [2.75, 3.05) is 0 Å². The van der Waals surface area contributed by atoms with Gasteiger partial charge in [0.1, 0.15) is 6.04 Å². The second kappa shape index (κ2) is 8.77. The molecule has 0 saturated heterocycles. The number of carboxylic acids is 2. The van der Waals surface area contributed by atoms with Crippen LogP contribution in [0.3, 0.4) is 0 Å². The highest BCUT2D eigenvalue weighted by atomic mass is 32.2. The van der Waals surface area contributed by atoms with Crippen molar-refractivity contribution in [2.45, 2.75) is 43.0 Å². The van der Waals surface area contributed by atoms with Crippen molar-refractivity contribution in [1.29, 1.82) is 0 Å². The minimum atomic E-state index is -4.01. The Labute approximate surface area is 151 Å². The van der Waals surface area contributed by atoms with Gasteiger partial charge in [0, 0.05) is 11.8 Å². The molecule has 0 spiro atoms. The van der Waals surface area contributed by atoms with E-state index in [9.17, 15) is 23.1 Å². The maximum atomic E-state index is 12.7. The molecule has 0 amide bonds. The molecule has 0 unspecified atom stereocenters. The minimum absolute atomic E-state index is 0.0134. The van der Waals surface area contributed by atoms with Gasteiger partial charge in [-0.05, 0) is 24.3 Å². The van der Waals surface area contributed by atoms with Crippen LogP contribution in [0.5, 0.6) is 0 Å². The summed E-state index contributed by atoms with van der Waals surface area (Å²) in [5.41, 5.74) is 0. The fourth-order valence-corrected chi connectivity index (χ4v) is 4.17. The highest BCUT2D eigenvalue weighted by Gasteiger charge is 2.26. The van der Waals surface area contributed by atoms with Gasteiger partial charge in [0.05, 0.1) is 4.90 Å². The van der Waals surface area contributed by atoms with Gasteiger partial charge in [0.15, 0.2) is 0 Å². The van der Waals surface area contributed by atoms with Crippen LogP contribution in [0, 0.1) is 0 Å². The van der Waals surface area contributed by atoms with Crippen LogP contribution < -0.4 is 4.72 Å². The van der Waals surface area contributed by atoms with Gasteiger partial charge in [-0.15, -0.1) is 0 Å². The van der Waals surface area contributed by atoms with E-state index in [0.29, 0.717) is 24.6 Å². The molecule has 1 atom stereocenters. The van der Waals surface area contributed by atoms with E-state index < -0.39 is 28.0 Å². The molecule has 140 valence electrons. The van der Waals surface area contributed by atoms with E-state index in [2.05, 4.69) is 4.72 Å². The summed E-state index contributed by atoms with van der Waals surface area (Å²) in [6, 6.07) is 10.5. The number of benzene rings is 2. The molecule has 0 aromatic heterocycles. The van der Waals surface area contributed by atoms with E-state index in [1.165, 1.54) is 6.07 Å². The third-order valence-electron chi connectivity index (χ3n) is 4.02. The van der Waals surface area contributed by atoms with Crippen molar-refractivity contribution >= 4 is 32.7 Å². The lowest BCUT2D eigenvalue weighted by molar-refractivity contribution is -0.139. The van der Waals surface area contributed by atoms with E-state index in [-0.39, 0.29) is 17.7 Å². The Morgan fingerprint density at radius 3 is 2.35 bits per heavy atom. The fraction of sp³-hybridized carbons (Fsp3) is 0.333. The maximum absolute atomic E-state index is 12.7. The van der Waals surface area contributed by atoms with Crippen LogP contribution in [0.15, 0.2) is 47.4 Å². The molecule has 0 aliphatic carbocycles. The van der Waals surface area contributed by atoms with Crippen LogP contribution in [0.2, 0.25) is 0 Å². The molecule has 2 aromatic rings. The Balaban J connectivity index is 2.11. The maximum Gasteiger partial charge on any atom is 0.321 e. The summed E-state index contributed by atoms with van der Waals surface area (Å²) < 4.78 is 27.6. The van der Waals surface area contributed by atoms with Gasteiger partial charge in [0.2, 0.25) is 10.0 Å². The molecule has 0 aliphatic rings. The molecule has 7 nitrogen and oxygen atoms in total. The first-order valence-electron chi connectivity index (χ1n) is 8.26. The van der Waals surface area contributed by atoms with Crippen molar-refractivity contribution in [1.82, 2.24) is 4.72 Å². The Bertz CT molecular complexity index is 888. The molecule has 0 saturated carbocycles. The second-order valence-corrected chi connectivity index (χ2v) is 7.66. The number of unbranched alkanes of at least 4 members (excludes halogenated alkanes) is 2. The number of nitrogens with one attached hydrogen (secondary N) is 1. The first kappa shape index (κ1) is 19.9. The summed E-state index contributed by atoms with van der Waals surface area (Å²) in [6.45, 7) is 0. The van der Waals surface area contributed by atoms with E-state index in [4.69, 9.17) is 5.11 Å². The van der Waals surface area contributed by atoms with Gasteiger partial charge in [-0.2, -0.15) is 4.72 Å². The summed E-state index contributed by atoms with van der Waals surface area (Å²) in [6.07, 6.45) is 1.48. The van der Waals surface area contributed by atoms with E-state index in [0.717, 1.165) is 5.39 Å². The second-order valence-electron chi connectivity index (χ2n) is 5.98. The van der Waals surface area contributed by atoms with Crippen molar-refractivity contribution in [3.8, 4) is 0 Å². The molecule has 26 heavy (non-hydrogen) atoms. The average molecular weight is 379 g/mol. The first-order chi connectivity index (χ1) is 12.3. The monoisotopic (exact) mass is 379 g/mol. The lowest BCUT2D eigenvalue weighted by atomic mass is 10.1. The number of aliphatic carboxylic acids is 2. The number of rotatable bonds is 10. The van der Waals surface area contributed by atoms with Crippen LogP contribution in [-0.2, 0) is 19.6 Å². The zero-order chi connectivity index (χ0) is 19.2. The SMILES string of the molecule is O=C(O)CCCCC[C@H](NS(=O)(=O)c1cccc2ccccc12)C(=O)O. The number of hydrogen-bond donors (Lipinski definition) is 3. The standard InChI is InChI=1S/C18H21NO6S/c20-17(21)12-3-1-2-10-15(18(22)23)19-26(24,25)16-11-6-8-13-7-4-5-9-14(13)16/h4-9,11,15,19H,1-3,10,12H2,(H,20,21)(H,22,23)/t15-/m0/s1. The minimum Gasteiger partial charge on any atom is -0.481 e. The molecular weight excluding hydrogens is 358 g/mol. The largest absolute Gasteiger partial charge is 0.481 e. The van der Waals surface area contributed by atoms with Crippen LogP contribution >= 0.6 is 0 Å². The smallest absolute Gasteiger partial charge is 0.321 e. The third kappa shape index (κ3) is 5.27. The molecule has 8 heteroatoms. The zero-order valence-corrected chi connectivity index (χ0v) is 14.9. The van der Waals surface area contributed by atoms with Crippen LogP contribution in [0.1, 0.15) is 32.1 Å². The van der Waals surface area contributed by atoms with Crippen LogP contribution in [-0.4, -0.2) is 36.6 Å². The van der Waals surface area contributed by atoms with Gasteiger partial charge >= 0.3 is 11.9 Å². The van der Waals surface area contributed by atoms with Gasteiger partial charge in [-0.3, -0.25) is 9.59 Å². The molecule has 2 aromatic carbocycles. The third-order valence-corrected chi connectivity index (χ3v) is 5.55. The summed E-state index contributed by atoms with van der Waals surface area (Å²) in [4.78, 5) is 21.9. The number of hydrogen-bond acceptors (Lipinski definition) is 4. The number of sulfonamides is 1. The summed E-state index contributed by atoms with van der Waals surface area (Å²) >= 11 is 0. The quantitative estimate of drug-likeness (QED) is 0.546.